The first-order valence-electron chi connectivity index (χ1n) is 6.04. The molecule has 0 aliphatic rings. The first kappa shape index (κ1) is 13.5. The molecular weight excluding hydrogens is 338 g/mol. The fourth-order valence-electron chi connectivity index (χ4n) is 2.14. The molecule has 0 aliphatic heterocycles. The van der Waals surface area contributed by atoms with E-state index in [-0.39, 0.29) is 11.5 Å². The molecule has 0 atom stereocenters. The van der Waals surface area contributed by atoms with Gasteiger partial charge in [-0.3, -0.25) is 14.9 Å². The monoisotopic (exact) mass is 345 g/mol. The van der Waals surface area contributed by atoms with Crippen molar-refractivity contribution < 1.29 is 14.1 Å². The summed E-state index contributed by atoms with van der Waals surface area (Å²) in [4.78, 5) is 22.4. The molecule has 3 rings (SSSR count). The van der Waals surface area contributed by atoms with Crippen molar-refractivity contribution in [2.24, 2.45) is 0 Å². The smallest absolute Gasteiger partial charge is 0.397 e. The zero-order valence-electron chi connectivity index (χ0n) is 10.6. The van der Waals surface area contributed by atoms with Gasteiger partial charge < -0.3 is 4.42 Å². The lowest BCUT2D eigenvalue weighted by Gasteiger charge is -2.05. The quantitative estimate of drug-likeness (QED) is 0.402. The molecule has 0 spiro atoms. The molecule has 21 heavy (non-hydrogen) atoms. The standard InChI is InChI=1S/C15H8BrNO4/c16-12-6-5-11(9-3-1-2-4-10(9)12)15(18)13-7-8-14(21-13)17(19)20/h1-8H. The summed E-state index contributed by atoms with van der Waals surface area (Å²) in [5.41, 5.74) is 0.443. The molecule has 0 saturated carbocycles. The average Bonchev–Trinajstić information content (AvgIpc) is 2.97. The Labute approximate surface area is 127 Å². The maximum absolute atomic E-state index is 12.5. The van der Waals surface area contributed by atoms with Crippen LogP contribution >= 0.6 is 15.9 Å². The number of carbonyl (C=O) groups is 1. The fourth-order valence-corrected chi connectivity index (χ4v) is 2.62. The van der Waals surface area contributed by atoms with Crippen LogP contribution in [0.2, 0.25) is 0 Å². The number of nitro groups is 1. The van der Waals surface area contributed by atoms with Crippen LogP contribution in [-0.4, -0.2) is 10.7 Å². The molecule has 0 radical (unpaired) electrons. The Bertz CT molecular complexity index is 869. The highest BCUT2D eigenvalue weighted by atomic mass is 79.9. The summed E-state index contributed by atoms with van der Waals surface area (Å²) in [5, 5.41) is 12.3. The summed E-state index contributed by atoms with van der Waals surface area (Å²) in [5.74, 6) is -0.874. The number of carbonyl (C=O) groups excluding carboxylic acids is 1. The van der Waals surface area contributed by atoms with Gasteiger partial charge in [0.2, 0.25) is 5.78 Å². The van der Waals surface area contributed by atoms with E-state index in [1.54, 1.807) is 12.1 Å². The molecular formula is C15H8BrNO4. The van der Waals surface area contributed by atoms with E-state index < -0.39 is 10.8 Å². The molecule has 5 nitrogen and oxygen atoms in total. The van der Waals surface area contributed by atoms with Crippen molar-refractivity contribution in [2.75, 3.05) is 0 Å². The molecule has 1 aromatic heterocycles. The van der Waals surface area contributed by atoms with Crippen LogP contribution in [0.5, 0.6) is 0 Å². The van der Waals surface area contributed by atoms with Gasteiger partial charge in [0.05, 0.1) is 6.07 Å². The van der Waals surface area contributed by atoms with Gasteiger partial charge >= 0.3 is 5.88 Å². The Morgan fingerprint density at radius 2 is 1.76 bits per heavy atom. The molecule has 0 aliphatic carbocycles. The van der Waals surface area contributed by atoms with E-state index in [9.17, 15) is 14.9 Å². The maximum atomic E-state index is 12.5. The zero-order chi connectivity index (χ0) is 15.0. The Balaban J connectivity index is 2.13. The second kappa shape index (κ2) is 5.14. The van der Waals surface area contributed by atoms with E-state index in [0.717, 1.165) is 15.2 Å². The Kier molecular flexibility index (Phi) is 3.31. The highest BCUT2D eigenvalue weighted by Crippen LogP contribution is 2.29. The summed E-state index contributed by atoms with van der Waals surface area (Å²) in [6.45, 7) is 0. The van der Waals surface area contributed by atoms with Gasteiger partial charge in [0.25, 0.3) is 0 Å². The highest BCUT2D eigenvalue weighted by Gasteiger charge is 2.20. The topological polar surface area (TPSA) is 73.3 Å². The van der Waals surface area contributed by atoms with Crippen LogP contribution in [0, 0.1) is 10.1 Å². The molecule has 0 saturated heterocycles. The molecule has 0 fully saturated rings. The van der Waals surface area contributed by atoms with E-state index >= 15 is 0 Å². The van der Waals surface area contributed by atoms with Crippen molar-refractivity contribution in [1.82, 2.24) is 0 Å². The third kappa shape index (κ3) is 2.34. The Morgan fingerprint density at radius 1 is 1.05 bits per heavy atom. The van der Waals surface area contributed by atoms with E-state index in [0.29, 0.717) is 5.56 Å². The molecule has 2 aromatic carbocycles. The van der Waals surface area contributed by atoms with Gasteiger partial charge in [-0.25, -0.2) is 0 Å². The normalized spacial score (nSPS) is 10.7. The summed E-state index contributed by atoms with van der Waals surface area (Å²) >= 11 is 3.44. The Morgan fingerprint density at radius 3 is 2.43 bits per heavy atom. The minimum Gasteiger partial charge on any atom is -0.397 e. The van der Waals surface area contributed by atoms with Gasteiger partial charge in [-0.2, -0.15) is 0 Å². The van der Waals surface area contributed by atoms with Crippen LogP contribution in [-0.2, 0) is 0 Å². The average molecular weight is 346 g/mol. The molecule has 104 valence electrons. The van der Waals surface area contributed by atoms with Gasteiger partial charge in [-0.1, -0.05) is 40.2 Å². The molecule has 0 bridgehead atoms. The number of ketones is 1. The summed E-state index contributed by atoms with van der Waals surface area (Å²) in [6, 6.07) is 13.3. The van der Waals surface area contributed by atoms with Crippen LogP contribution in [0.4, 0.5) is 5.88 Å². The molecule has 3 aromatic rings. The van der Waals surface area contributed by atoms with Crippen molar-refractivity contribution in [3.05, 3.63) is 74.4 Å². The third-order valence-corrected chi connectivity index (χ3v) is 3.80. The largest absolute Gasteiger partial charge is 0.433 e. The van der Waals surface area contributed by atoms with E-state index in [1.165, 1.54) is 12.1 Å². The summed E-state index contributed by atoms with van der Waals surface area (Å²) in [6.07, 6.45) is 0. The number of benzene rings is 2. The fraction of sp³-hybridized carbons (Fsp3) is 0. The van der Waals surface area contributed by atoms with Crippen molar-refractivity contribution in [3.63, 3.8) is 0 Å². The van der Waals surface area contributed by atoms with Gasteiger partial charge in [-0.15, -0.1) is 0 Å². The SMILES string of the molecule is O=C(c1ccc([N+](=O)[O-])o1)c1ccc(Br)c2ccccc12. The second-order valence-electron chi connectivity index (χ2n) is 4.36. The molecule has 0 unspecified atom stereocenters. The second-order valence-corrected chi connectivity index (χ2v) is 5.22. The number of rotatable bonds is 3. The van der Waals surface area contributed by atoms with Gasteiger partial charge in [0.1, 0.15) is 4.92 Å². The number of halogens is 1. The van der Waals surface area contributed by atoms with E-state index in [2.05, 4.69) is 15.9 Å². The lowest BCUT2D eigenvalue weighted by molar-refractivity contribution is -0.402. The van der Waals surface area contributed by atoms with E-state index in [4.69, 9.17) is 4.42 Å². The van der Waals surface area contributed by atoms with Crippen molar-refractivity contribution >= 4 is 38.4 Å². The third-order valence-electron chi connectivity index (χ3n) is 3.11. The first-order valence-corrected chi connectivity index (χ1v) is 6.83. The number of hydrogen-bond acceptors (Lipinski definition) is 4. The van der Waals surface area contributed by atoms with Crippen molar-refractivity contribution in [2.45, 2.75) is 0 Å². The van der Waals surface area contributed by atoms with E-state index in [1.807, 2.05) is 24.3 Å². The maximum Gasteiger partial charge on any atom is 0.433 e. The van der Waals surface area contributed by atoms with Gasteiger partial charge in [0, 0.05) is 10.0 Å². The van der Waals surface area contributed by atoms with Crippen LogP contribution < -0.4 is 0 Å². The number of furan rings is 1. The first-order chi connectivity index (χ1) is 10.1. The minimum atomic E-state index is -0.670. The van der Waals surface area contributed by atoms with Gasteiger partial charge in [0.15, 0.2) is 5.76 Å². The number of hydrogen-bond donors (Lipinski definition) is 0. The Hall–Kier alpha value is -2.47. The molecule has 0 N–H and O–H groups in total. The summed E-state index contributed by atoms with van der Waals surface area (Å²) < 4.78 is 5.86. The number of fused-ring (bicyclic) bond motifs is 1. The predicted molar refractivity (Wildman–Crippen MR) is 80.4 cm³/mol. The molecule has 0 amide bonds. The number of nitrogens with zero attached hydrogens (tertiary/aromatic N) is 1. The van der Waals surface area contributed by atoms with Crippen LogP contribution in [0.1, 0.15) is 16.1 Å². The lowest BCUT2D eigenvalue weighted by atomic mass is 10.0. The van der Waals surface area contributed by atoms with Crippen LogP contribution in [0.15, 0.2) is 57.4 Å². The highest BCUT2D eigenvalue weighted by molar-refractivity contribution is 9.10. The molecule has 6 heteroatoms. The van der Waals surface area contributed by atoms with Gasteiger partial charge in [-0.05, 0) is 29.0 Å². The van der Waals surface area contributed by atoms with Crippen LogP contribution in [0.3, 0.4) is 0 Å². The molecule has 1 heterocycles. The van der Waals surface area contributed by atoms with Crippen LogP contribution in [0.25, 0.3) is 10.8 Å². The minimum absolute atomic E-state index is 0.0471. The van der Waals surface area contributed by atoms with Crippen molar-refractivity contribution in [1.29, 1.82) is 0 Å². The lowest BCUT2D eigenvalue weighted by Crippen LogP contribution is -2.00. The zero-order valence-corrected chi connectivity index (χ0v) is 12.2. The van der Waals surface area contributed by atoms with Crippen molar-refractivity contribution in [3.8, 4) is 0 Å². The summed E-state index contributed by atoms with van der Waals surface area (Å²) in [7, 11) is 0. The predicted octanol–water partition coefficient (Wildman–Crippen LogP) is 4.33.